The number of aliphatic imine (C=N–C) groups is 1. The van der Waals surface area contributed by atoms with Crippen LogP contribution in [0.1, 0.15) is 16.7 Å². The fourth-order valence-corrected chi connectivity index (χ4v) is 5.86. The van der Waals surface area contributed by atoms with Gasteiger partial charge in [-0.1, -0.05) is 54.1 Å². The van der Waals surface area contributed by atoms with Gasteiger partial charge in [-0.2, -0.15) is 0 Å². The second-order valence-electron chi connectivity index (χ2n) is 8.49. The Morgan fingerprint density at radius 2 is 1.65 bits per heavy atom. The monoisotopic (exact) mass is 489 g/mol. The van der Waals surface area contributed by atoms with E-state index in [1.807, 2.05) is 73.6 Å². The molecule has 5 rings (SSSR count). The first-order valence-corrected chi connectivity index (χ1v) is 12.9. The largest absolute Gasteiger partial charge is 0.377 e. The van der Waals surface area contributed by atoms with Gasteiger partial charge in [-0.15, -0.1) is 0 Å². The van der Waals surface area contributed by atoms with Gasteiger partial charge < -0.3 is 4.90 Å². The van der Waals surface area contributed by atoms with Crippen molar-refractivity contribution in [2.24, 2.45) is 4.99 Å². The Kier molecular flexibility index (Phi) is 5.80. The number of nitrogens with zero attached hydrogens (tertiary/aromatic N) is 2. The zero-order valence-corrected chi connectivity index (χ0v) is 20.5. The molecule has 0 atom stereocenters. The Bertz CT molecular complexity index is 1530. The summed E-state index contributed by atoms with van der Waals surface area (Å²) in [5.41, 5.74) is 5.50. The maximum atomic E-state index is 13.3. The molecule has 0 aromatic heterocycles. The molecule has 1 N–H and O–H groups in total. The minimum atomic E-state index is -3.79. The fraction of sp³-hybridized carbons (Fsp3) is 0.148. The van der Waals surface area contributed by atoms with Crippen molar-refractivity contribution in [2.45, 2.75) is 11.3 Å². The minimum Gasteiger partial charge on any atom is -0.377 e. The quantitative estimate of drug-likeness (QED) is 0.388. The molecule has 4 aromatic rings. The molecule has 4 aromatic carbocycles. The van der Waals surface area contributed by atoms with E-state index in [-0.39, 0.29) is 4.90 Å². The van der Waals surface area contributed by atoms with Crippen LogP contribution in [0.15, 0.2) is 88.8 Å². The smallest absolute Gasteiger partial charge is 0.262 e. The van der Waals surface area contributed by atoms with E-state index in [2.05, 4.69) is 4.72 Å². The summed E-state index contributed by atoms with van der Waals surface area (Å²) >= 11 is 6.22. The van der Waals surface area contributed by atoms with Crippen molar-refractivity contribution in [3.8, 4) is 0 Å². The van der Waals surface area contributed by atoms with Gasteiger partial charge in [0, 0.05) is 58.9 Å². The SMILES string of the molecule is CN(C)c1cccc2c(S(=O)(=O)Nc3ccc(C4=NCCc5ccc(Cl)cc54)cc3)cccc12. The first-order valence-electron chi connectivity index (χ1n) is 11.0. The third-order valence-electron chi connectivity index (χ3n) is 6.02. The Hall–Kier alpha value is -3.35. The molecule has 1 heterocycles. The van der Waals surface area contributed by atoms with E-state index >= 15 is 0 Å². The maximum absolute atomic E-state index is 13.3. The first kappa shape index (κ1) is 22.4. The van der Waals surface area contributed by atoms with Gasteiger partial charge >= 0.3 is 0 Å². The molecule has 0 amide bonds. The van der Waals surface area contributed by atoms with E-state index in [1.54, 1.807) is 24.3 Å². The van der Waals surface area contributed by atoms with E-state index in [4.69, 9.17) is 16.6 Å². The van der Waals surface area contributed by atoms with Gasteiger partial charge in [-0.3, -0.25) is 9.71 Å². The summed E-state index contributed by atoms with van der Waals surface area (Å²) in [5, 5.41) is 2.24. The average molecular weight is 490 g/mol. The van der Waals surface area contributed by atoms with Crippen molar-refractivity contribution in [3.05, 3.63) is 101 Å². The maximum Gasteiger partial charge on any atom is 0.262 e. The molecular weight excluding hydrogens is 466 g/mol. The third kappa shape index (κ3) is 4.15. The van der Waals surface area contributed by atoms with E-state index in [1.165, 1.54) is 5.56 Å². The van der Waals surface area contributed by atoms with Crippen LogP contribution in [0.25, 0.3) is 10.8 Å². The van der Waals surface area contributed by atoms with Gasteiger partial charge in [0.2, 0.25) is 0 Å². The fourth-order valence-electron chi connectivity index (χ4n) is 4.40. The highest BCUT2D eigenvalue weighted by Crippen LogP contribution is 2.31. The highest BCUT2D eigenvalue weighted by Gasteiger charge is 2.20. The number of nitrogens with one attached hydrogen (secondary N) is 1. The van der Waals surface area contributed by atoms with Crippen LogP contribution >= 0.6 is 11.6 Å². The summed E-state index contributed by atoms with van der Waals surface area (Å²) in [7, 11) is 0.0957. The second-order valence-corrected chi connectivity index (χ2v) is 10.6. The number of halogens is 1. The van der Waals surface area contributed by atoms with Crippen molar-refractivity contribution >= 4 is 49.5 Å². The number of hydrogen-bond donors (Lipinski definition) is 1. The number of fused-ring (bicyclic) bond motifs is 2. The van der Waals surface area contributed by atoms with Gasteiger partial charge in [-0.05, 0) is 48.4 Å². The molecule has 34 heavy (non-hydrogen) atoms. The van der Waals surface area contributed by atoms with Crippen LogP contribution in [0, 0.1) is 0 Å². The highest BCUT2D eigenvalue weighted by molar-refractivity contribution is 7.93. The number of rotatable bonds is 5. The molecule has 0 radical (unpaired) electrons. The van der Waals surface area contributed by atoms with Crippen LogP contribution in [0.3, 0.4) is 0 Å². The molecule has 7 heteroatoms. The van der Waals surface area contributed by atoms with E-state index < -0.39 is 10.0 Å². The Morgan fingerprint density at radius 1 is 0.912 bits per heavy atom. The minimum absolute atomic E-state index is 0.248. The van der Waals surface area contributed by atoms with Crippen LogP contribution in [0.2, 0.25) is 5.02 Å². The number of anilines is 2. The van der Waals surface area contributed by atoms with Gasteiger partial charge in [0.15, 0.2) is 0 Å². The summed E-state index contributed by atoms with van der Waals surface area (Å²) < 4.78 is 29.4. The summed E-state index contributed by atoms with van der Waals surface area (Å²) in [6, 6.07) is 24.2. The van der Waals surface area contributed by atoms with Crippen molar-refractivity contribution in [3.63, 3.8) is 0 Å². The van der Waals surface area contributed by atoms with Crippen LogP contribution in [0.5, 0.6) is 0 Å². The number of benzene rings is 4. The summed E-state index contributed by atoms with van der Waals surface area (Å²) in [5.74, 6) is 0. The standard InChI is InChI=1S/C27H24ClN3O2S/c1-31(2)25-7-3-6-23-22(25)5-4-8-26(23)34(32,33)30-21-13-10-19(11-14-21)27-24-17-20(28)12-9-18(24)15-16-29-27/h3-14,17,30H,15-16H2,1-2H3. The lowest BCUT2D eigenvalue weighted by atomic mass is 9.93. The third-order valence-corrected chi connectivity index (χ3v) is 7.69. The summed E-state index contributed by atoms with van der Waals surface area (Å²) in [6.45, 7) is 0.717. The molecule has 172 valence electrons. The number of hydrogen-bond acceptors (Lipinski definition) is 4. The van der Waals surface area contributed by atoms with Gasteiger partial charge in [0.05, 0.1) is 10.6 Å². The van der Waals surface area contributed by atoms with Gasteiger partial charge in [0.1, 0.15) is 0 Å². The van der Waals surface area contributed by atoms with E-state index in [9.17, 15) is 8.42 Å². The molecule has 0 saturated heterocycles. The Morgan fingerprint density at radius 3 is 2.41 bits per heavy atom. The zero-order chi connectivity index (χ0) is 23.9. The molecule has 0 unspecified atom stereocenters. The normalized spacial score (nSPS) is 13.3. The predicted molar refractivity (Wildman–Crippen MR) is 141 cm³/mol. The molecule has 5 nitrogen and oxygen atoms in total. The molecule has 0 fully saturated rings. The molecule has 0 spiro atoms. The predicted octanol–water partition coefficient (Wildman–Crippen LogP) is 5.75. The first-order chi connectivity index (χ1) is 16.3. The van der Waals surface area contributed by atoms with Crippen molar-refractivity contribution < 1.29 is 8.42 Å². The van der Waals surface area contributed by atoms with Crippen molar-refractivity contribution in [1.82, 2.24) is 0 Å². The zero-order valence-electron chi connectivity index (χ0n) is 18.9. The van der Waals surface area contributed by atoms with E-state index in [0.717, 1.165) is 34.3 Å². The second kappa shape index (κ2) is 8.78. The lowest BCUT2D eigenvalue weighted by molar-refractivity contribution is 0.602. The topological polar surface area (TPSA) is 61.8 Å². The highest BCUT2D eigenvalue weighted by atomic mass is 35.5. The molecule has 1 aliphatic heterocycles. The van der Waals surface area contributed by atoms with Crippen LogP contribution in [-0.2, 0) is 16.4 Å². The lowest BCUT2D eigenvalue weighted by Gasteiger charge is -2.18. The van der Waals surface area contributed by atoms with Crippen molar-refractivity contribution in [2.75, 3.05) is 30.3 Å². The van der Waals surface area contributed by atoms with Gasteiger partial charge in [0.25, 0.3) is 10.0 Å². The van der Waals surface area contributed by atoms with Gasteiger partial charge in [-0.25, -0.2) is 8.42 Å². The lowest BCUT2D eigenvalue weighted by Crippen LogP contribution is -2.15. The Balaban J connectivity index is 1.46. The number of sulfonamides is 1. The molecule has 1 aliphatic rings. The van der Waals surface area contributed by atoms with Crippen LogP contribution in [-0.4, -0.2) is 34.8 Å². The molecule has 0 saturated carbocycles. The Labute approximate surface area is 204 Å². The average Bonchev–Trinajstić information content (AvgIpc) is 2.83. The molecule has 0 aliphatic carbocycles. The van der Waals surface area contributed by atoms with Crippen molar-refractivity contribution in [1.29, 1.82) is 0 Å². The van der Waals surface area contributed by atoms with Crippen LogP contribution in [0.4, 0.5) is 11.4 Å². The molecular formula is C27H24ClN3O2S. The molecule has 0 bridgehead atoms. The van der Waals surface area contributed by atoms with Crippen LogP contribution < -0.4 is 9.62 Å². The van der Waals surface area contributed by atoms with E-state index in [0.29, 0.717) is 22.6 Å². The summed E-state index contributed by atoms with van der Waals surface area (Å²) in [4.78, 5) is 6.93. The summed E-state index contributed by atoms with van der Waals surface area (Å²) in [6.07, 6.45) is 0.883.